The van der Waals surface area contributed by atoms with E-state index >= 15 is 0 Å². The average molecular weight is 346 g/mol. The van der Waals surface area contributed by atoms with Gasteiger partial charge in [0, 0.05) is 12.3 Å². The molecule has 3 fully saturated rings. The van der Waals surface area contributed by atoms with E-state index in [4.69, 9.17) is 0 Å². The van der Waals surface area contributed by atoms with Crippen LogP contribution in [0.4, 0.5) is 0 Å². The zero-order valence-corrected chi connectivity index (χ0v) is 15.3. The summed E-state index contributed by atoms with van der Waals surface area (Å²) < 4.78 is 0. The summed E-state index contributed by atoms with van der Waals surface area (Å²) in [6.07, 6.45) is 7.33. The zero-order chi connectivity index (χ0) is 18.0. The number of hydrogen-bond acceptors (Lipinski definition) is 4. The van der Waals surface area contributed by atoms with Gasteiger partial charge in [0.25, 0.3) is 0 Å². The number of hydrogen-bond donors (Lipinski definition) is 2. The maximum Gasteiger partial charge on any atom is 0.161 e. The predicted octanol–water partition coefficient (Wildman–Crippen LogP) is 2.67. The third-order valence-electron chi connectivity index (χ3n) is 8.52. The molecule has 0 aromatic heterocycles. The van der Waals surface area contributed by atoms with Crippen LogP contribution in [0.25, 0.3) is 0 Å². The Hall–Kier alpha value is -1.00. The number of Topliss-reactive ketones (excluding diaryl/α,β-unsaturated/α-hetero) is 1. The first-order valence-electron chi connectivity index (χ1n) is 9.88. The Morgan fingerprint density at radius 3 is 2.68 bits per heavy atom. The molecule has 0 unspecified atom stereocenters. The highest BCUT2D eigenvalue weighted by Gasteiger charge is 2.61. The van der Waals surface area contributed by atoms with Crippen molar-refractivity contribution < 1.29 is 19.8 Å². The fourth-order valence-corrected chi connectivity index (χ4v) is 7.25. The molecular weight excluding hydrogens is 316 g/mol. The van der Waals surface area contributed by atoms with Gasteiger partial charge in [-0.25, -0.2) is 0 Å². The highest BCUT2D eigenvalue weighted by atomic mass is 16.3. The molecular formula is C21H30O4. The van der Waals surface area contributed by atoms with E-state index in [0.717, 1.165) is 44.1 Å². The monoisotopic (exact) mass is 346 g/mol. The van der Waals surface area contributed by atoms with E-state index in [1.807, 2.05) is 0 Å². The van der Waals surface area contributed by atoms with E-state index in [-0.39, 0.29) is 34.9 Å². The van der Waals surface area contributed by atoms with E-state index in [1.54, 1.807) is 6.08 Å². The molecule has 0 aliphatic heterocycles. The molecule has 4 rings (SSSR count). The molecule has 0 radical (unpaired) electrons. The molecule has 0 saturated heterocycles. The number of carbonyl (C=O) groups excluding carboxylic acids is 2. The minimum atomic E-state index is -0.523. The van der Waals surface area contributed by atoms with Gasteiger partial charge in [-0.05, 0) is 78.8 Å². The van der Waals surface area contributed by atoms with Crippen molar-refractivity contribution in [3.8, 4) is 0 Å². The Labute approximate surface area is 149 Å². The van der Waals surface area contributed by atoms with Crippen molar-refractivity contribution in [2.45, 2.75) is 64.9 Å². The van der Waals surface area contributed by atoms with Crippen molar-refractivity contribution in [2.75, 3.05) is 6.61 Å². The number of fused-ring (bicyclic) bond motifs is 5. The van der Waals surface area contributed by atoms with Crippen LogP contribution in [0, 0.1) is 34.5 Å². The number of aliphatic hydroxyl groups excluding tert-OH is 2. The Balaban J connectivity index is 1.68. The van der Waals surface area contributed by atoms with Gasteiger partial charge in [0.2, 0.25) is 0 Å². The van der Waals surface area contributed by atoms with Crippen molar-refractivity contribution >= 4 is 11.6 Å². The largest absolute Gasteiger partial charge is 0.389 e. The zero-order valence-electron chi connectivity index (χ0n) is 15.3. The van der Waals surface area contributed by atoms with E-state index in [1.165, 1.54) is 0 Å². The molecule has 25 heavy (non-hydrogen) atoms. The standard InChI is InChI=1S/C21H30O4/c1-20-8-6-15-13(14(20)3-4-16(20)19(25)11-22)10-18(24)17-9-12(23)5-7-21(15,17)2/h9,13-16,18,22,24H,3-8,10-11H2,1-2H3/t13-,14-,15-,16+,18+,20-,21-/m1/s1. The first-order valence-corrected chi connectivity index (χ1v) is 9.88. The molecule has 2 N–H and O–H groups in total. The molecule has 0 aromatic rings. The predicted molar refractivity (Wildman–Crippen MR) is 93.7 cm³/mol. The van der Waals surface area contributed by atoms with Gasteiger partial charge in [-0.3, -0.25) is 9.59 Å². The number of rotatable bonds is 2. The van der Waals surface area contributed by atoms with Crippen LogP contribution in [0.2, 0.25) is 0 Å². The lowest BCUT2D eigenvalue weighted by atomic mass is 9.46. The Kier molecular flexibility index (Phi) is 4.01. The van der Waals surface area contributed by atoms with Crippen molar-refractivity contribution in [1.82, 2.24) is 0 Å². The first-order chi connectivity index (χ1) is 11.8. The Bertz CT molecular complexity index is 638. The fourth-order valence-electron chi connectivity index (χ4n) is 7.25. The second-order valence-electron chi connectivity index (χ2n) is 9.41. The summed E-state index contributed by atoms with van der Waals surface area (Å²) in [6.45, 7) is 4.14. The summed E-state index contributed by atoms with van der Waals surface area (Å²) in [7, 11) is 0. The van der Waals surface area contributed by atoms with Gasteiger partial charge < -0.3 is 10.2 Å². The highest BCUT2D eigenvalue weighted by Crippen LogP contribution is 2.66. The molecule has 4 aliphatic carbocycles. The minimum absolute atomic E-state index is 0.00475. The molecule has 4 heteroatoms. The summed E-state index contributed by atoms with van der Waals surface area (Å²) >= 11 is 0. The maximum absolute atomic E-state index is 12.3. The van der Waals surface area contributed by atoms with Crippen molar-refractivity contribution in [1.29, 1.82) is 0 Å². The SMILES string of the molecule is C[C@@]12CC[C@@H]3[C@H](C[C@H](O)C4=CC(=O)CC[C@@]43C)[C@H]1CC[C@H]2C(=O)CO. The normalized spacial score (nSPS) is 49.0. The van der Waals surface area contributed by atoms with E-state index in [9.17, 15) is 19.8 Å². The summed E-state index contributed by atoms with van der Waals surface area (Å²) in [4.78, 5) is 24.2. The van der Waals surface area contributed by atoms with Crippen LogP contribution in [-0.4, -0.2) is 34.5 Å². The molecule has 0 bridgehead atoms. The van der Waals surface area contributed by atoms with Crippen molar-refractivity contribution in [3.63, 3.8) is 0 Å². The fraction of sp³-hybridized carbons (Fsp3) is 0.810. The van der Waals surface area contributed by atoms with Crippen LogP contribution < -0.4 is 0 Å². The molecule has 7 atom stereocenters. The average Bonchev–Trinajstić information content (AvgIpc) is 2.93. The van der Waals surface area contributed by atoms with E-state index < -0.39 is 6.10 Å². The van der Waals surface area contributed by atoms with Crippen LogP contribution >= 0.6 is 0 Å². The summed E-state index contributed by atoms with van der Waals surface area (Å²) in [5.74, 6) is 1.47. The molecule has 138 valence electrons. The number of aliphatic hydroxyl groups is 2. The molecule has 4 nitrogen and oxygen atoms in total. The van der Waals surface area contributed by atoms with Gasteiger partial charge in [0.1, 0.15) is 6.61 Å². The summed E-state index contributed by atoms with van der Waals surface area (Å²) in [5, 5.41) is 20.2. The third-order valence-corrected chi connectivity index (χ3v) is 8.52. The van der Waals surface area contributed by atoms with Crippen LogP contribution in [0.3, 0.4) is 0 Å². The lowest BCUT2D eigenvalue weighted by Crippen LogP contribution is -2.54. The van der Waals surface area contributed by atoms with Crippen molar-refractivity contribution in [3.05, 3.63) is 11.6 Å². The van der Waals surface area contributed by atoms with Gasteiger partial charge in [0.05, 0.1) is 6.10 Å². The van der Waals surface area contributed by atoms with Gasteiger partial charge in [0.15, 0.2) is 11.6 Å². The van der Waals surface area contributed by atoms with Crippen LogP contribution in [-0.2, 0) is 9.59 Å². The quantitative estimate of drug-likeness (QED) is 0.806. The molecule has 3 saturated carbocycles. The topological polar surface area (TPSA) is 74.6 Å². The first kappa shape index (κ1) is 17.4. The van der Waals surface area contributed by atoms with Gasteiger partial charge >= 0.3 is 0 Å². The van der Waals surface area contributed by atoms with E-state index in [0.29, 0.717) is 24.2 Å². The third kappa shape index (κ3) is 2.33. The molecule has 4 aliphatic rings. The Morgan fingerprint density at radius 1 is 1.20 bits per heavy atom. The highest BCUT2D eigenvalue weighted by molar-refractivity contribution is 5.92. The second kappa shape index (κ2) is 5.75. The molecule has 0 spiro atoms. The summed E-state index contributed by atoms with van der Waals surface area (Å²) in [5.41, 5.74) is 0.856. The molecule has 0 heterocycles. The smallest absolute Gasteiger partial charge is 0.161 e. The maximum atomic E-state index is 12.3. The number of ketones is 2. The molecule has 0 aromatic carbocycles. The second-order valence-corrected chi connectivity index (χ2v) is 9.41. The lowest BCUT2D eigenvalue weighted by molar-refractivity contribution is -0.134. The summed E-state index contributed by atoms with van der Waals surface area (Å²) in [6, 6.07) is 0. The Morgan fingerprint density at radius 2 is 1.96 bits per heavy atom. The van der Waals surface area contributed by atoms with Crippen LogP contribution in [0.5, 0.6) is 0 Å². The van der Waals surface area contributed by atoms with Gasteiger partial charge in [-0.15, -0.1) is 0 Å². The van der Waals surface area contributed by atoms with Gasteiger partial charge in [-0.1, -0.05) is 13.8 Å². The molecule has 0 amide bonds. The van der Waals surface area contributed by atoms with Crippen LogP contribution in [0.1, 0.15) is 58.8 Å². The number of carbonyl (C=O) groups is 2. The van der Waals surface area contributed by atoms with Crippen LogP contribution in [0.15, 0.2) is 11.6 Å². The lowest BCUT2D eigenvalue weighted by Gasteiger charge is -2.59. The minimum Gasteiger partial charge on any atom is -0.389 e. The van der Waals surface area contributed by atoms with Crippen molar-refractivity contribution in [2.24, 2.45) is 34.5 Å². The van der Waals surface area contributed by atoms with Gasteiger partial charge in [-0.2, -0.15) is 0 Å². The van der Waals surface area contributed by atoms with E-state index in [2.05, 4.69) is 13.8 Å².